The summed E-state index contributed by atoms with van der Waals surface area (Å²) in [5.74, 6) is -8.23. The number of likely N-dealkylation sites (tertiary alicyclic amines) is 1. The number of piperazine rings is 1. The van der Waals surface area contributed by atoms with Gasteiger partial charge in [0.1, 0.15) is 60.4 Å². The van der Waals surface area contributed by atoms with Crippen LogP contribution in [0.1, 0.15) is 149 Å². The molecule has 9 atom stereocenters. The molecule has 0 radical (unpaired) electrons. The third-order valence-corrected chi connectivity index (χ3v) is 20.1. The summed E-state index contributed by atoms with van der Waals surface area (Å²) in [6.07, 6.45) is 4.06. The van der Waals surface area contributed by atoms with Gasteiger partial charge in [0, 0.05) is 82.9 Å². The lowest BCUT2D eigenvalue weighted by molar-refractivity contribution is -0.143. The molecule has 95 heavy (non-hydrogen) atoms. The normalized spacial score (nSPS) is 21.1. The number of carbonyl (C=O) groups is 8. The standard InChI is InChI=1S/C67H87F6N13O9/c1-6-52(87)78-56(64(93)83-25-20-66(5,95)21-26-83)37(3)42-15-17-49(47(70)33-42)77-63(92)59(81-60(89)50-18-23-74-85(50)27-22-68)55(41-12-13-41)45-32-44(45)35-82-28-30-84(31-29-82)65(94)57(79-53(88)7-2)38(4)43-14-16-48(46(69)34-43)76-62(91)58(54(39-8-9-39)40-10-11-40)80-61(90)51-19-24-75-86(51)36-67(71,72)73/h14-19,23-24,33-34,37-41,44-45,54-59,95H,6-13,20-22,25-32,35-36H2,1-5H3,(H,76,91)(H,77,92)(H,78,87)(H,79,88)(H,80,90)(H,81,89)/t37-,38-,44?,45?,55?,56+,57+,58-,59-/m0/s1. The number of aryl methyl sites for hydroxylation is 1. The fraction of sp³-hybridized carbons (Fsp3) is 0.612. The molecule has 2 aliphatic heterocycles. The molecule has 2 aromatic carbocycles. The van der Waals surface area contributed by atoms with Crippen molar-refractivity contribution in [1.29, 1.82) is 0 Å². The lowest BCUT2D eigenvalue weighted by Crippen LogP contribution is -2.56. The molecule has 22 nitrogen and oxygen atoms in total. The number of amides is 8. The topological polar surface area (TPSA) is 274 Å². The van der Waals surface area contributed by atoms with Gasteiger partial charge in [-0.25, -0.2) is 13.2 Å². The van der Waals surface area contributed by atoms with Crippen molar-refractivity contribution in [1.82, 2.24) is 55.5 Å². The van der Waals surface area contributed by atoms with E-state index in [1.165, 1.54) is 47.3 Å². The molecule has 2 saturated heterocycles. The zero-order valence-electron chi connectivity index (χ0n) is 54.2. The first-order valence-electron chi connectivity index (χ1n) is 33.3. The summed E-state index contributed by atoms with van der Waals surface area (Å²) >= 11 is 0. The summed E-state index contributed by atoms with van der Waals surface area (Å²) in [6, 6.07) is 6.20. The number of piperidine rings is 1. The van der Waals surface area contributed by atoms with Crippen molar-refractivity contribution in [3.8, 4) is 0 Å². The molecule has 0 spiro atoms. The van der Waals surface area contributed by atoms with Crippen LogP contribution in [0, 0.1) is 53.1 Å². The smallest absolute Gasteiger partial charge is 0.390 e. The van der Waals surface area contributed by atoms with Crippen molar-refractivity contribution in [2.75, 3.05) is 63.1 Å². The molecule has 28 heteroatoms. The number of anilines is 2. The van der Waals surface area contributed by atoms with Gasteiger partial charge in [0.25, 0.3) is 11.8 Å². The highest BCUT2D eigenvalue weighted by molar-refractivity contribution is 6.02. The minimum Gasteiger partial charge on any atom is -0.390 e. The van der Waals surface area contributed by atoms with Crippen LogP contribution in [0.2, 0.25) is 0 Å². The molecule has 516 valence electrons. The average molecular weight is 1330 g/mol. The van der Waals surface area contributed by atoms with Crippen LogP contribution in [-0.4, -0.2) is 175 Å². The number of hydrogen-bond acceptors (Lipinski definition) is 12. The molecule has 8 amide bonds. The lowest BCUT2D eigenvalue weighted by atomic mass is 9.87. The third kappa shape index (κ3) is 17.4. The predicted molar refractivity (Wildman–Crippen MR) is 337 cm³/mol. The molecule has 0 bridgehead atoms. The number of aromatic nitrogens is 4. The van der Waals surface area contributed by atoms with Gasteiger partial charge in [-0.05, 0) is 154 Å². The number of rotatable bonds is 29. The van der Waals surface area contributed by atoms with Crippen molar-refractivity contribution in [2.24, 2.45) is 41.4 Å². The van der Waals surface area contributed by atoms with Gasteiger partial charge in [-0.2, -0.15) is 23.4 Å². The lowest BCUT2D eigenvalue weighted by Gasteiger charge is -2.38. The summed E-state index contributed by atoms with van der Waals surface area (Å²) in [6.45, 7) is 8.45. The highest BCUT2D eigenvalue weighted by Crippen LogP contribution is 2.55. The van der Waals surface area contributed by atoms with E-state index in [2.05, 4.69) is 47.0 Å². The van der Waals surface area contributed by atoms with Crippen molar-refractivity contribution in [2.45, 2.75) is 166 Å². The summed E-state index contributed by atoms with van der Waals surface area (Å²) in [4.78, 5) is 116. The fourth-order valence-electron chi connectivity index (χ4n) is 14.0. The first kappa shape index (κ1) is 69.9. The Hall–Kier alpha value is -7.88. The summed E-state index contributed by atoms with van der Waals surface area (Å²) in [7, 11) is 0. The van der Waals surface area contributed by atoms with Crippen LogP contribution in [0.4, 0.5) is 37.7 Å². The van der Waals surface area contributed by atoms with Gasteiger partial charge in [-0.3, -0.25) is 52.6 Å². The molecule has 4 heterocycles. The first-order valence-corrected chi connectivity index (χ1v) is 33.3. The van der Waals surface area contributed by atoms with Crippen LogP contribution >= 0.6 is 0 Å². The second kappa shape index (κ2) is 29.6. The van der Waals surface area contributed by atoms with Gasteiger partial charge < -0.3 is 46.8 Å². The maximum atomic E-state index is 16.4. The highest BCUT2D eigenvalue weighted by Gasteiger charge is 2.54. The SMILES string of the molecule is CCC(=O)N[C@@H](C(=O)N1CCN(CC2CC2C(C2CC2)[C@H](NC(=O)c2ccnn2CCF)C(=O)Nc2ccc([C@H](C)[C@@H](NC(=O)CC)C(=O)N3CCC(C)(O)CC3)cc2F)CC1)[C@@H](C)c1ccc(NC(=O)[C@@H](NC(=O)c2ccnn2CC(F)(F)F)C(C2CC2)C2CC2)c(F)c1. The van der Waals surface area contributed by atoms with Crippen LogP contribution in [0.25, 0.3) is 0 Å². The van der Waals surface area contributed by atoms with Crippen LogP contribution in [0.15, 0.2) is 60.9 Å². The summed E-state index contributed by atoms with van der Waals surface area (Å²) < 4.78 is 88.2. The number of hydrogen-bond donors (Lipinski definition) is 7. The van der Waals surface area contributed by atoms with Crippen LogP contribution in [0.5, 0.6) is 0 Å². The Labute approximate surface area is 547 Å². The van der Waals surface area contributed by atoms with Crippen molar-refractivity contribution < 1.29 is 69.8 Å². The van der Waals surface area contributed by atoms with Gasteiger partial charge in [-0.15, -0.1) is 0 Å². The number of benzene rings is 2. The Bertz CT molecular complexity index is 3450. The molecule has 6 aliphatic rings. The van der Waals surface area contributed by atoms with Crippen molar-refractivity contribution in [3.63, 3.8) is 0 Å². The van der Waals surface area contributed by atoms with E-state index in [0.717, 1.165) is 50.8 Å². The minimum atomic E-state index is -4.67. The van der Waals surface area contributed by atoms with E-state index in [4.69, 9.17) is 0 Å². The highest BCUT2D eigenvalue weighted by atomic mass is 19.4. The van der Waals surface area contributed by atoms with Gasteiger partial charge >= 0.3 is 6.18 Å². The maximum Gasteiger partial charge on any atom is 0.408 e. The Balaban J connectivity index is 0.787. The molecule has 7 N–H and O–H groups in total. The van der Waals surface area contributed by atoms with E-state index in [1.54, 1.807) is 50.5 Å². The van der Waals surface area contributed by atoms with Crippen molar-refractivity contribution >= 4 is 58.6 Å². The monoisotopic (exact) mass is 1330 g/mol. The van der Waals surface area contributed by atoms with E-state index < -0.39 is 114 Å². The predicted octanol–water partition coefficient (Wildman–Crippen LogP) is 6.68. The number of aliphatic hydroxyl groups is 1. The minimum absolute atomic E-state index is 0.0319. The zero-order chi connectivity index (χ0) is 68.2. The van der Waals surface area contributed by atoms with Gasteiger partial charge in [0.05, 0.1) is 23.5 Å². The largest absolute Gasteiger partial charge is 0.408 e. The molecule has 3 unspecified atom stereocenters. The van der Waals surface area contributed by atoms with Crippen LogP contribution in [-0.2, 0) is 41.9 Å². The molecule has 6 fully saturated rings. The van der Waals surface area contributed by atoms with Gasteiger partial charge in [-0.1, -0.05) is 39.8 Å². The second-order valence-electron chi connectivity index (χ2n) is 27.1. The van der Waals surface area contributed by atoms with E-state index in [-0.39, 0.29) is 116 Å². The van der Waals surface area contributed by atoms with Crippen LogP contribution in [0.3, 0.4) is 0 Å². The number of nitrogens with one attached hydrogen (secondary N) is 6. The Morgan fingerprint density at radius 3 is 1.49 bits per heavy atom. The molecule has 4 aliphatic carbocycles. The number of alkyl halides is 4. The molecule has 4 saturated carbocycles. The summed E-state index contributed by atoms with van der Waals surface area (Å²) in [5.41, 5.74) is -0.980. The van der Waals surface area contributed by atoms with E-state index in [9.17, 15) is 61.0 Å². The molecule has 4 aromatic rings. The Morgan fingerprint density at radius 1 is 0.611 bits per heavy atom. The van der Waals surface area contributed by atoms with E-state index in [0.29, 0.717) is 54.7 Å². The maximum absolute atomic E-state index is 16.4. The third-order valence-electron chi connectivity index (χ3n) is 20.1. The number of halogens is 6. The average Bonchev–Trinajstić information content (AvgIpc) is 1.62. The number of carbonyl (C=O) groups excluding carboxylic acids is 8. The molecular weight excluding hydrogens is 1240 g/mol. The quantitative estimate of drug-likeness (QED) is 0.0281. The molecule has 10 rings (SSSR count). The second-order valence-corrected chi connectivity index (χ2v) is 27.1. The van der Waals surface area contributed by atoms with Gasteiger partial charge in [0.2, 0.25) is 35.4 Å². The van der Waals surface area contributed by atoms with Crippen molar-refractivity contribution in [3.05, 3.63) is 95.1 Å². The fourth-order valence-corrected chi connectivity index (χ4v) is 14.0. The van der Waals surface area contributed by atoms with E-state index in [1.807, 2.05) is 0 Å². The zero-order valence-corrected chi connectivity index (χ0v) is 54.2. The van der Waals surface area contributed by atoms with Crippen LogP contribution < -0.4 is 31.9 Å². The molecule has 2 aromatic heterocycles. The molecular formula is C67H87F6N13O9. The number of nitrogens with zero attached hydrogens (tertiary/aromatic N) is 7. The Kier molecular flexibility index (Phi) is 21.8. The van der Waals surface area contributed by atoms with E-state index >= 15 is 8.78 Å². The summed E-state index contributed by atoms with van der Waals surface area (Å²) in [5, 5.41) is 34.9. The first-order chi connectivity index (χ1) is 45.2. The Morgan fingerprint density at radius 2 is 1.05 bits per heavy atom. The van der Waals surface area contributed by atoms with Gasteiger partial charge in [0.15, 0.2) is 0 Å².